The highest BCUT2D eigenvalue weighted by molar-refractivity contribution is 6.08. The van der Waals surface area contributed by atoms with E-state index in [2.05, 4.69) is 10.3 Å². The number of carbonyl (C=O) groups is 1. The van der Waals surface area contributed by atoms with Crippen LogP contribution in [0.1, 0.15) is 35.6 Å². The summed E-state index contributed by atoms with van der Waals surface area (Å²) < 4.78 is 31.6. The first-order chi connectivity index (χ1) is 18.8. The maximum absolute atomic E-state index is 14.3. The number of allylic oxidation sites excluding steroid dienone is 2. The molecule has 0 atom stereocenters. The van der Waals surface area contributed by atoms with E-state index in [0.29, 0.717) is 30.4 Å². The van der Waals surface area contributed by atoms with Gasteiger partial charge in [-0.1, -0.05) is 12.1 Å². The minimum Gasteiger partial charge on any atom is -0.493 e. The van der Waals surface area contributed by atoms with Gasteiger partial charge < -0.3 is 24.4 Å². The van der Waals surface area contributed by atoms with Crippen LogP contribution in [0.15, 0.2) is 60.4 Å². The Balaban J connectivity index is 1.65. The molecule has 1 aliphatic carbocycles. The van der Waals surface area contributed by atoms with Crippen molar-refractivity contribution in [1.82, 2.24) is 15.2 Å². The van der Waals surface area contributed by atoms with Crippen LogP contribution in [0, 0.1) is 5.82 Å². The third-order valence-corrected chi connectivity index (χ3v) is 6.58. The van der Waals surface area contributed by atoms with Gasteiger partial charge in [-0.15, -0.1) is 0 Å². The molecule has 39 heavy (non-hydrogen) atoms. The highest BCUT2D eigenvalue weighted by atomic mass is 19.1. The maximum atomic E-state index is 14.3. The number of hydrogen-bond donors (Lipinski definition) is 1. The van der Waals surface area contributed by atoms with Crippen LogP contribution < -0.4 is 19.5 Å². The molecule has 1 N–H and O–H groups in total. The molecule has 0 fully saturated rings. The topological polar surface area (TPSA) is 72.9 Å². The van der Waals surface area contributed by atoms with Crippen molar-refractivity contribution in [1.29, 1.82) is 0 Å². The third kappa shape index (κ3) is 6.64. The minimum atomic E-state index is -0.348. The predicted molar refractivity (Wildman–Crippen MR) is 151 cm³/mol. The first-order valence-corrected chi connectivity index (χ1v) is 12.7. The van der Waals surface area contributed by atoms with E-state index in [1.54, 1.807) is 32.7 Å². The lowest BCUT2D eigenvalue weighted by Gasteiger charge is -2.17. The monoisotopic (exact) mass is 531 g/mol. The van der Waals surface area contributed by atoms with E-state index < -0.39 is 0 Å². The lowest BCUT2D eigenvalue weighted by Crippen LogP contribution is -2.22. The summed E-state index contributed by atoms with van der Waals surface area (Å²) in [4.78, 5) is 19.0. The number of ether oxygens (including phenoxy) is 3. The summed E-state index contributed by atoms with van der Waals surface area (Å²) in [7, 11) is 7.14. The van der Waals surface area contributed by atoms with Crippen molar-refractivity contribution in [2.45, 2.75) is 19.9 Å². The van der Waals surface area contributed by atoms with Gasteiger partial charge in [-0.3, -0.25) is 9.78 Å². The van der Waals surface area contributed by atoms with Crippen molar-refractivity contribution < 1.29 is 23.4 Å². The number of likely N-dealkylation sites (N-methyl/N-ethyl adjacent to an activating group) is 1. The maximum Gasteiger partial charge on any atom is 0.224 e. The van der Waals surface area contributed by atoms with Crippen LogP contribution in [0.5, 0.6) is 17.2 Å². The highest BCUT2D eigenvalue weighted by Crippen LogP contribution is 2.45. The molecule has 2 aromatic carbocycles. The number of fused-ring (bicyclic) bond motifs is 1. The second-order valence-electron chi connectivity index (χ2n) is 9.57. The summed E-state index contributed by atoms with van der Waals surface area (Å²) in [5.74, 6) is 1.14. The average molecular weight is 532 g/mol. The Hall–Kier alpha value is -4.17. The second kappa shape index (κ2) is 12.6. The Morgan fingerprint density at radius 1 is 1.08 bits per heavy atom. The summed E-state index contributed by atoms with van der Waals surface area (Å²) in [5.41, 5.74) is 5.94. The number of pyridine rings is 1. The third-order valence-electron chi connectivity index (χ3n) is 6.58. The highest BCUT2D eigenvalue weighted by Gasteiger charge is 2.26. The number of halogens is 1. The van der Waals surface area contributed by atoms with Crippen LogP contribution in [-0.4, -0.2) is 57.3 Å². The lowest BCUT2D eigenvalue weighted by molar-refractivity contribution is -0.120. The molecule has 0 spiro atoms. The number of methoxy groups -OCH3 is 2. The number of aromatic nitrogens is 1. The summed E-state index contributed by atoms with van der Waals surface area (Å²) >= 11 is 0. The smallest absolute Gasteiger partial charge is 0.224 e. The number of rotatable bonds is 11. The zero-order valence-corrected chi connectivity index (χ0v) is 23.0. The largest absolute Gasteiger partial charge is 0.493 e. The fourth-order valence-corrected chi connectivity index (χ4v) is 4.53. The molecule has 0 radical (unpaired) electrons. The molecule has 0 saturated carbocycles. The first kappa shape index (κ1) is 27.9. The fraction of sp³-hybridized carbons (Fsp3) is 0.290. The average Bonchev–Trinajstić information content (AvgIpc) is 3.17. The van der Waals surface area contributed by atoms with E-state index >= 15 is 0 Å². The molecule has 1 aromatic heterocycles. The molecular formula is C31H34FN3O4. The van der Waals surface area contributed by atoms with Crippen LogP contribution in [0.25, 0.3) is 17.2 Å². The van der Waals surface area contributed by atoms with Crippen molar-refractivity contribution in [3.63, 3.8) is 0 Å². The number of amides is 1. The zero-order chi connectivity index (χ0) is 27.9. The van der Waals surface area contributed by atoms with Crippen molar-refractivity contribution in [2.24, 2.45) is 0 Å². The van der Waals surface area contributed by atoms with Crippen molar-refractivity contribution in [2.75, 3.05) is 41.5 Å². The molecule has 3 aromatic rings. The Morgan fingerprint density at radius 3 is 2.46 bits per heavy atom. The van der Waals surface area contributed by atoms with Crippen LogP contribution in [0.4, 0.5) is 4.39 Å². The van der Waals surface area contributed by atoms with Gasteiger partial charge in [-0.25, -0.2) is 4.39 Å². The van der Waals surface area contributed by atoms with Crippen molar-refractivity contribution in [3.05, 3.63) is 88.5 Å². The standard InChI is InChI=1S/C31H34FN3O4/c1-20-25(13-22-14-28(37-4)31(29(15-22)38-5)39-12-11-35(2)3)24-9-8-23(32)16-27(24)26(20)17-30(36)34-19-21-7-6-10-33-18-21/h6-10,13-16,18H,11-12,17,19H2,1-5H3,(H,34,36). The van der Waals surface area contributed by atoms with E-state index in [1.165, 1.54) is 12.1 Å². The zero-order valence-electron chi connectivity index (χ0n) is 23.0. The van der Waals surface area contributed by atoms with Gasteiger partial charge in [-0.2, -0.15) is 0 Å². The summed E-state index contributed by atoms with van der Waals surface area (Å²) in [5, 5.41) is 2.94. The molecule has 204 valence electrons. The minimum absolute atomic E-state index is 0.130. The van der Waals surface area contributed by atoms with Gasteiger partial charge in [0, 0.05) is 25.5 Å². The Morgan fingerprint density at radius 2 is 1.82 bits per heavy atom. The first-order valence-electron chi connectivity index (χ1n) is 12.7. The number of nitrogens with zero attached hydrogens (tertiary/aromatic N) is 2. The Bertz CT molecular complexity index is 1380. The van der Waals surface area contributed by atoms with E-state index in [9.17, 15) is 9.18 Å². The van der Waals surface area contributed by atoms with Gasteiger partial charge in [0.1, 0.15) is 12.4 Å². The SMILES string of the molecule is COc1cc(C=C2C(C)=C(CC(=O)NCc3cccnc3)c3cc(F)ccc32)cc(OC)c1OCCN(C)C. The van der Waals surface area contributed by atoms with E-state index in [0.717, 1.165) is 45.5 Å². The molecular weight excluding hydrogens is 497 g/mol. The number of nitrogens with one attached hydrogen (secondary N) is 1. The molecule has 1 aliphatic rings. The fourth-order valence-electron chi connectivity index (χ4n) is 4.53. The number of benzene rings is 2. The van der Waals surface area contributed by atoms with Crippen molar-refractivity contribution in [3.8, 4) is 17.2 Å². The van der Waals surface area contributed by atoms with Crippen LogP contribution >= 0.6 is 0 Å². The summed E-state index contributed by atoms with van der Waals surface area (Å²) in [6.45, 7) is 3.56. The van der Waals surface area contributed by atoms with Crippen LogP contribution in [0.3, 0.4) is 0 Å². The Kier molecular flexibility index (Phi) is 8.99. The van der Waals surface area contributed by atoms with Crippen LogP contribution in [-0.2, 0) is 11.3 Å². The van der Waals surface area contributed by atoms with Crippen molar-refractivity contribution >= 4 is 23.1 Å². The quantitative estimate of drug-likeness (QED) is 0.366. The molecule has 0 saturated heterocycles. The summed E-state index contributed by atoms with van der Waals surface area (Å²) in [6.07, 6.45) is 5.54. The molecule has 8 heteroatoms. The molecule has 1 amide bonds. The van der Waals surface area contributed by atoms with E-state index in [-0.39, 0.29) is 18.1 Å². The van der Waals surface area contributed by atoms with Gasteiger partial charge in [0.25, 0.3) is 0 Å². The van der Waals surface area contributed by atoms with E-state index in [1.807, 2.05) is 56.3 Å². The number of carbonyl (C=O) groups excluding carboxylic acids is 1. The summed E-state index contributed by atoms with van der Waals surface area (Å²) in [6, 6.07) is 12.2. The molecule has 0 aliphatic heterocycles. The van der Waals surface area contributed by atoms with E-state index in [4.69, 9.17) is 14.2 Å². The molecule has 0 bridgehead atoms. The number of hydrogen-bond acceptors (Lipinski definition) is 6. The van der Waals surface area contributed by atoms with Crippen LogP contribution in [0.2, 0.25) is 0 Å². The van der Waals surface area contributed by atoms with Gasteiger partial charge in [0.05, 0.1) is 20.6 Å². The van der Waals surface area contributed by atoms with Gasteiger partial charge in [-0.05, 0) is 96.4 Å². The second-order valence-corrected chi connectivity index (χ2v) is 9.57. The lowest BCUT2D eigenvalue weighted by atomic mass is 10.00. The van der Waals surface area contributed by atoms with Gasteiger partial charge in [0.2, 0.25) is 11.7 Å². The van der Waals surface area contributed by atoms with Gasteiger partial charge in [0.15, 0.2) is 11.5 Å². The van der Waals surface area contributed by atoms with Gasteiger partial charge >= 0.3 is 0 Å². The Labute approximate surface area is 228 Å². The molecule has 4 rings (SSSR count). The molecule has 7 nitrogen and oxygen atoms in total. The molecule has 0 unspecified atom stereocenters. The normalized spacial score (nSPS) is 13.6. The molecule has 1 heterocycles. The predicted octanol–water partition coefficient (Wildman–Crippen LogP) is 5.21.